The molecule has 0 heterocycles. The number of ether oxygens (including phenoxy) is 1. The van der Waals surface area contributed by atoms with E-state index in [1.165, 1.54) is 0 Å². The van der Waals surface area contributed by atoms with Crippen molar-refractivity contribution in [1.82, 2.24) is 5.32 Å². The number of nitrogens with zero attached hydrogens (tertiary/aromatic N) is 1. The maximum absolute atomic E-state index is 12.1. The number of hydrogen-bond donors (Lipinski definition) is 1. The predicted octanol–water partition coefficient (Wildman–Crippen LogP) is 2.00. The fourth-order valence-electron chi connectivity index (χ4n) is 2.37. The normalized spacial score (nSPS) is 11.6. The van der Waals surface area contributed by atoms with Gasteiger partial charge in [0.1, 0.15) is 6.54 Å². The summed E-state index contributed by atoms with van der Waals surface area (Å²) in [6.07, 6.45) is 1.96. The molecule has 0 aliphatic carbocycles. The molecule has 24 heavy (non-hydrogen) atoms. The number of para-hydroxylation sites is 1. The monoisotopic (exact) mass is 356 g/mol. The average Bonchev–Trinajstić information content (AvgIpc) is 2.44. The van der Waals surface area contributed by atoms with Gasteiger partial charge in [0.2, 0.25) is 15.9 Å². The number of carbonyl (C=O) groups excluding carboxylic acids is 1. The lowest BCUT2D eigenvalue weighted by Gasteiger charge is -2.25. The highest BCUT2D eigenvalue weighted by molar-refractivity contribution is 7.92. The van der Waals surface area contributed by atoms with Crippen LogP contribution in [0.1, 0.15) is 31.4 Å². The minimum atomic E-state index is -3.56. The summed E-state index contributed by atoms with van der Waals surface area (Å²) in [5.41, 5.74) is 2.20. The second-order valence-corrected chi connectivity index (χ2v) is 8.04. The first-order chi connectivity index (χ1) is 11.1. The van der Waals surface area contributed by atoms with Crippen LogP contribution in [0.3, 0.4) is 0 Å². The van der Waals surface area contributed by atoms with Gasteiger partial charge in [0.05, 0.1) is 18.0 Å². The van der Waals surface area contributed by atoms with Crippen molar-refractivity contribution in [3.8, 4) is 0 Å². The first-order valence-electron chi connectivity index (χ1n) is 8.05. The third-order valence-corrected chi connectivity index (χ3v) is 4.58. The Balaban J connectivity index is 2.73. The summed E-state index contributed by atoms with van der Waals surface area (Å²) in [6.45, 7) is 8.36. The van der Waals surface area contributed by atoms with Crippen LogP contribution in [0.15, 0.2) is 18.2 Å². The highest BCUT2D eigenvalue weighted by atomic mass is 32.2. The van der Waals surface area contributed by atoms with Gasteiger partial charge in [-0.3, -0.25) is 9.10 Å². The molecule has 0 aliphatic rings. The summed E-state index contributed by atoms with van der Waals surface area (Å²) >= 11 is 0. The van der Waals surface area contributed by atoms with Crippen LogP contribution >= 0.6 is 0 Å². The molecule has 0 bridgehead atoms. The molecule has 0 atom stereocenters. The van der Waals surface area contributed by atoms with Crippen LogP contribution in [0.4, 0.5) is 5.69 Å². The van der Waals surface area contributed by atoms with Crippen molar-refractivity contribution in [2.45, 2.75) is 40.2 Å². The highest BCUT2D eigenvalue weighted by Gasteiger charge is 2.23. The molecule has 0 saturated heterocycles. The molecule has 1 aromatic carbocycles. The van der Waals surface area contributed by atoms with Crippen molar-refractivity contribution < 1.29 is 17.9 Å². The highest BCUT2D eigenvalue weighted by Crippen LogP contribution is 2.26. The molecule has 0 fully saturated rings. The average molecular weight is 356 g/mol. The van der Waals surface area contributed by atoms with Gasteiger partial charge in [-0.2, -0.15) is 0 Å². The smallest absolute Gasteiger partial charge is 0.240 e. The Hall–Kier alpha value is -1.60. The van der Waals surface area contributed by atoms with Crippen molar-refractivity contribution in [1.29, 1.82) is 0 Å². The zero-order chi connectivity index (χ0) is 18.3. The van der Waals surface area contributed by atoms with E-state index in [1.807, 2.05) is 45.9 Å². The van der Waals surface area contributed by atoms with Crippen LogP contribution in [0.25, 0.3) is 0 Å². The zero-order valence-electron chi connectivity index (χ0n) is 15.1. The topological polar surface area (TPSA) is 75.7 Å². The Morgan fingerprint density at radius 1 is 1.25 bits per heavy atom. The van der Waals surface area contributed by atoms with Gasteiger partial charge in [-0.1, -0.05) is 18.2 Å². The summed E-state index contributed by atoms with van der Waals surface area (Å²) in [7, 11) is -3.56. The van der Waals surface area contributed by atoms with Crippen LogP contribution in [0.2, 0.25) is 0 Å². The van der Waals surface area contributed by atoms with Gasteiger partial charge in [0, 0.05) is 13.2 Å². The Morgan fingerprint density at radius 3 is 2.33 bits per heavy atom. The molecule has 0 radical (unpaired) electrons. The minimum Gasteiger partial charge on any atom is -0.379 e. The van der Waals surface area contributed by atoms with E-state index in [9.17, 15) is 13.2 Å². The van der Waals surface area contributed by atoms with Gasteiger partial charge in [0.15, 0.2) is 0 Å². The number of aryl methyl sites for hydroxylation is 2. The molecule has 0 spiro atoms. The number of nitrogens with one attached hydrogen (secondary N) is 1. The zero-order valence-corrected chi connectivity index (χ0v) is 15.9. The largest absolute Gasteiger partial charge is 0.379 e. The van der Waals surface area contributed by atoms with Crippen LogP contribution in [0.5, 0.6) is 0 Å². The van der Waals surface area contributed by atoms with Crippen LogP contribution in [-0.2, 0) is 19.6 Å². The van der Waals surface area contributed by atoms with Gasteiger partial charge in [0.25, 0.3) is 0 Å². The summed E-state index contributed by atoms with van der Waals surface area (Å²) in [4.78, 5) is 12.1. The maximum Gasteiger partial charge on any atom is 0.240 e. The van der Waals surface area contributed by atoms with Crippen molar-refractivity contribution in [3.05, 3.63) is 29.3 Å². The SMILES string of the molecule is Cc1cccc(C)c1N(CC(=O)NCCCOC(C)C)S(C)(=O)=O. The van der Waals surface area contributed by atoms with Crippen molar-refractivity contribution in [2.75, 3.05) is 30.3 Å². The molecule has 1 N–H and O–H groups in total. The van der Waals surface area contributed by atoms with E-state index in [2.05, 4.69) is 5.32 Å². The Kier molecular flexibility index (Phi) is 7.69. The van der Waals surface area contributed by atoms with Gasteiger partial charge < -0.3 is 10.1 Å². The Bertz CT molecular complexity index is 636. The fraction of sp³-hybridized carbons (Fsp3) is 0.588. The molecule has 0 aromatic heterocycles. The number of hydrogen-bond acceptors (Lipinski definition) is 4. The molecular formula is C17H28N2O4S. The van der Waals surface area contributed by atoms with E-state index in [1.54, 1.807) is 0 Å². The summed E-state index contributed by atoms with van der Waals surface area (Å²) in [5.74, 6) is -0.326. The number of carbonyl (C=O) groups is 1. The molecule has 136 valence electrons. The van der Waals surface area contributed by atoms with Gasteiger partial charge in [-0.25, -0.2) is 8.42 Å². The second kappa shape index (κ2) is 9.03. The molecular weight excluding hydrogens is 328 g/mol. The van der Waals surface area contributed by atoms with E-state index in [4.69, 9.17) is 4.74 Å². The van der Waals surface area contributed by atoms with Gasteiger partial charge >= 0.3 is 0 Å². The first-order valence-corrected chi connectivity index (χ1v) is 9.90. The van der Waals surface area contributed by atoms with Gasteiger partial charge in [-0.05, 0) is 45.2 Å². The van der Waals surface area contributed by atoms with Gasteiger partial charge in [-0.15, -0.1) is 0 Å². The van der Waals surface area contributed by atoms with Crippen molar-refractivity contribution in [3.63, 3.8) is 0 Å². The molecule has 0 aliphatic heterocycles. The molecule has 1 amide bonds. The lowest BCUT2D eigenvalue weighted by molar-refractivity contribution is -0.119. The Labute approximate surface area is 145 Å². The van der Waals surface area contributed by atoms with Crippen molar-refractivity contribution >= 4 is 21.6 Å². The molecule has 6 nitrogen and oxygen atoms in total. The third-order valence-electron chi connectivity index (χ3n) is 3.47. The van der Waals surface area contributed by atoms with E-state index >= 15 is 0 Å². The standard InChI is InChI=1S/C17H28N2O4S/c1-13(2)23-11-7-10-18-16(20)12-19(24(5,21)22)17-14(3)8-6-9-15(17)4/h6,8-9,13H,7,10-12H2,1-5H3,(H,18,20). The number of amides is 1. The second-order valence-electron chi connectivity index (χ2n) is 6.13. The van der Waals surface area contributed by atoms with E-state index in [0.717, 1.165) is 21.7 Å². The molecule has 1 aromatic rings. The first kappa shape index (κ1) is 20.4. The number of benzene rings is 1. The quantitative estimate of drug-likeness (QED) is 0.687. The van der Waals surface area contributed by atoms with Crippen molar-refractivity contribution in [2.24, 2.45) is 0 Å². The minimum absolute atomic E-state index is 0.158. The van der Waals surface area contributed by atoms with Crippen LogP contribution in [-0.4, -0.2) is 46.4 Å². The third kappa shape index (κ3) is 6.49. The summed E-state index contributed by atoms with van der Waals surface area (Å²) in [5, 5.41) is 2.74. The van der Waals surface area contributed by atoms with E-state index < -0.39 is 10.0 Å². The number of sulfonamides is 1. The molecule has 0 unspecified atom stereocenters. The summed E-state index contributed by atoms with van der Waals surface area (Å²) < 4.78 is 30.9. The Morgan fingerprint density at radius 2 is 1.83 bits per heavy atom. The predicted molar refractivity (Wildman–Crippen MR) is 96.8 cm³/mol. The van der Waals surface area contributed by atoms with E-state index in [0.29, 0.717) is 25.3 Å². The molecule has 0 saturated carbocycles. The number of anilines is 1. The maximum atomic E-state index is 12.1. The van der Waals surface area contributed by atoms with E-state index in [-0.39, 0.29) is 18.6 Å². The molecule has 1 rings (SSSR count). The summed E-state index contributed by atoms with van der Waals surface area (Å²) in [6, 6.07) is 5.53. The van der Waals surface area contributed by atoms with Crippen LogP contribution < -0.4 is 9.62 Å². The molecule has 7 heteroatoms. The fourth-order valence-corrected chi connectivity index (χ4v) is 3.34. The lowest BCUT2D eigenvalue weighted by Crippen LogP contribution is -2.41. The lowest BCUT2D eigenvalue weighted by atomic mass is 10.1. The van der Waals surface area contributed by atoms with Crippen LogP contribution in [0, 0.1) is 13.8 Å². The number of rotatable bonds is 9.